The van der Waals surface area contributed by atoms with Gasteiger partial charge in [-0.1, -0.05) is 93.1 Å². The molecule has 1 aromatic carbocycles. The maximum Gasteiger partial charge on any atom is 0.161 e. The first kappa shape index (κ1) is 24.8. The molecular weight excluding hydrogens is 414 g/mol. The molecule has 0 bridgehead atoms. The van der Waals surface area contributed by atoms with E-state index in [-0.39, 0.29) is 0 Å². The summed E-state index contributed by atoms with van der Waals surface area (Å²) in [6.45, 7) is 2.26. The zero-order chi connectivity index (χ0) is 20.7. The van der Waals surface area contributed by atoms with Crippen molar-refractivity contribution in [2.24, 2.45) is 0 Å². The van der Waals surface area contributed by atoms with E-state index in [1.54, 1.807) is 14.2 Å². The van der Waals surface area contributed by atoms with Crippen LogP contribution >= 0.6 is 15.9 Å². The van der Waals surface area contributed by atoms with E-state index in [4.69, 9.17) is 9.47 Å². The number of methoxy groups -OCH3 is 2. The molecular formula is C24H38BrNO2. The van der Waals surface area contributed by atoms with E-state index in [0.29, 0.717) is 11.5 Å². The van der Waals surface area contributed by atoms with E-state index in [1.807, 2.05) is 18.2 Å². The van der Waals surface area contributed by atoms with Crippen LogP contribution in [0.5, 0.6) is 11.5 Å². The lowest BCUT2D eigenvalue weighted by Gasteiger charge is -2.27. The van der Waals surface area contributed by atoms with Crippen molar-refractivity contribution in [1.82, 2.24) is 0 Å². The SMILES string of the molecule is CCCCCCCCCCCCC(C#N)(CCBr)c1ccc(OC)c(OC)c1. The number of halogens is 1. The molecule has 1 aromatic rings. The van der Waals surface area contributed by atoms with E-state index < -0.39 is 5.41 Å². The zero-order valence-electron chi connectivity index (χ0n) is 18.1. The average molecular weight is 452 g/mol. The third kappa shape index (κ3) is 8.03. The van der Waals surface area contributed by atoms with Crippen LogP contribution in [0.4, 0.5) is 0 Å². The van der Waals surface area contributed by atoms with Gasteiger partial charge in [0.2, 0.25) is 0 Å². The Morgan fingerprint density at radius 3 is 1.93 bits per heavy atom. The molecule has 0 amide bonds. The number of ether oxygens (including phenoxy) is 2. The number of rotatable bonds is 16. The van der Waals surface area contributed by atoms with Crippen LogP contribution in [0.1, 0.15) is 89.5 Å². The molecule has 28 heavy (non-hydrogen) atoms. The van der Waals surface area contributed by atoms with Gasteiger partial charge in [0.1, 0.15) is 0 Å². The normalized spacial score (nSPS) is 13.0. The molecule has 0 aromatic heterocycles. The van der Waals surface area contributed by atoms with Gasteiger partial charge in [0.05, 0.1) is 25.7 Å². The van der Waals surface area contributed by atoms with Crippen molar-refractivity contribution in [2.45, 2.75) is 89.4 Å². The van der Waals surface area contributed by atoms with Crippen LogP contribution in [0.25, 0.3) is 0 Å². The minimum atomic E-state index is -0.469. The third-order valence-electron chi connectivity index (χ3n) is 5.63. The lowest BCUT2D eigenvalue weighted by atomic mass is 9.75. The highest BCUT2D eigenvalue weighted by molar-refractivity contribution is 9.09. The minimum Gasteiger partial charge on any atom is -0.493 e. The largest absolute Gasteiger partial charge is 0.493 e. The van der Waals surface area contributed by atoms with Crippen molar-refractivity contribution in [3.05, 3.63) is 23.8 Å². The molecule has 0 fully saturated rings. The summed E-state index contributed by atoms with van der Waals surface area (Å²) in [6, 6.07) is 8.53. The van der Waals surface area contributed by atoms with Gasteiger partial charge in [-0.2, -0.15) is 5.26 Å². The topological polar surface area (TPSA) is 42.2 Å². The van der Waals surface area contributed by atoms with Gasteiger partial charge in [0.15, 0.2) is 11.5 Å². The van der Waals surface area contributed by atoms with Crippen molar-refractivity contribution < 1.29 is 9.47 Å². The van der Waals surface area contributed by atoms with Crippen LogP contribution in [-0.2, 0) is 5.41 Å². The molecule has 0 heterocycles. The Balaban J connectivity index is 2.56. The van der Waals surface area contributed by atoms with Gasteiger partial charge in [-0.25, -0.2) is 0 Å². The van der Waals surface area contributed by atoms with Crippen molar-refractivity contribution in [3.63, 3.8) is 0 Å². The summed E-state index contributed by atoms with van der Waals surface area (Å²) in [5.74, 6) is 1.40. The summed E-state index contributed by atoms with van der Waals surface area (Å²) in [6.07, 6.45) is 14.8. The first-order chi connectivity index (χ1) is 13.7. The van der Waals surface area contributed by atoms with Gasteiger partial charge in [-0.15, -0.1) is 0 Å². The van der Waals surface area contributed by atoms with E-state index in [9.17, 15) is 5.26 Å². The minimum absolute atomic E-state index is 0.469. The van der Waals surface area contributed by atoms with Gasteiger partial charge in [0, 0.05) is 5.33 Å². The van der Waals surface area contributed by atoms with Crippen LogP contribution in [0.2, 0.25) is 0 Å². The fraction of sp³-hybridized carbons (Fsp3) is 0.708. The molecule has 1 unspecified atom stereocenters. The summed E-state index contributed by atoms with van der Waals surface area (Å²) in [5, 5.41) is 10.9. The highest BCUT2D eigenvalue weighted by atomic mass is 79.9. The number of hydrogen-bond acceptors (Lipinski definition) is 3. The van der Waals surface area contributed by atoms with Crippen LogP contribution in [0.3, 0.4) is 0 Å². The molecule has 0 aliphatic heterocycles. The Morgan fingerprint density at radius 2 is 1.43 bits per heavy atom. The van der Waals surface area contributed by atoms with E-state index >= 15 is 0 Å². The van der Waals surface area contributed by atoms with Crippen LogP contribution in [0.15, 0.2) is 18.2 Å². The second-order valence-electron chi connectivity index (χ2n) is 7.63. The molecule has 1 rings (SSSR count). The molecule has 0 N–H and O–H groups in total. The van der Waals surface area contributed by atoms with E-state index in [1.165, 1.54) is 57.8 Å². The molecule has 0 radical (unpaired) electrons. The summed E-state index contributed by atoms with van der Waals surface area (Å²) in [7, 11) is 3.28. The first-order valence-electron chi connectivity index (χ1n) is 10.9. The van der Waals surface area contributed by atoms with Crippen LogP contribution < -0.4 is 9.47 Å². The summed E-state index contributed by atoms with van der Waals surface area (Å²) < 4.78 is 10.8. The Kier molecular flexibility index (Phi) is 13.1. The lowest BCUT2D eigenvalue weighted by Crippen LogP contribution is -2.25. The number of alkyl halides is 1. The fourth-order valence-corrected chi connectivity index (χ4v) is 4.48. The van der Waals surface area contributed by atoms with E-state index in [2.05, 4.69) is 28.9 Å². The molecule has 3 nitrogen and oxygen atoms in total. The first-order valence-corrected chi connectivity index (χ1v) is 12.0. The van der Waals surface area contributed by atoms with Crippen molar-refractivity contribution in [1.29, 1.82) is 5.26 Å². The molecule has 0 spiro atoms. The molecule has 0 saturated heterocycles. The molecule has 0 aliphatic carbocycles. The number of hydrogen-bond donors (Lipinski definition) is 0. The lowest BCUT2D eigenvalue weighted by molar-refractivity contribution is 0.352. The van der Waals surface area contributed by atoms with Gasteiger partial charge in [0.25, 0.3) is 0 Å². The number of unbranched alkanes of at least 4 members (excludes halogenated alkanes) is 9. The average Bonchev–Trinajstić information content (AvgIpc) is 2.73. The van der Waals surface area contributed by atoms with E-state index in [0.717, 1.165) is 30.2 Å². The maximum atomic E-state index is 10.1. The standard InChI is InChI=1S/C24H38BrNO2/c1-4-5-6-7-8-9-10-11-12-13-16-24(20-26,17-18-25)21-14-15-22(27-2)23(19-21)28-3/h14-15,19H,4-13,16-18H2,1-3H3. The van der Waals surface area contributed by atoms with Gasteiger partial charge in [-0.3, -0.25) is 0 Å². The fourth-order valence-electron chi connectivity index (χ4n) is 3.80. The van der Waals surface area contributed by atoms with Crippen LogP contribution in [-0.4, -0.2) is 19.5 Å². The number of nitrogens with zero attached hydrogens (tertiary/aromatic N) is 1. The summed E-state index contributed by atoms with van der Waals surface area (Å²) in [5.41, 5.74) is 0.562. The van der Waals surface area contributed by atoms with Crippen molar-refractivity contribution in [3.8, 4) is 17.6 Å². The van der Waals surface area contributed by atoms with Gasteiger partial charge in [-0.05, 0) is 30.5 Å². The Hall–Kier alpha value is -1.21. The monoisotopic (exact) mass is 451 g/mol. The highest BCUT2D eigenvalue weighted by Gasteiger charge is 2.32. The molecule has 1 atom stereocenters. The number of benzene rings is 1. The molecule has 0 saturated carbocycles. The second kappa shape index (κ2) is 14.7. The van der Waals surface area contributed by atoms with Gasteiger partial charge >= 0.3 is 0 Å². The molecule has 158 valence electrons. The smallest absolute Gasteiger partial charge is 0.161 e. The predicted octanol–water partition coefficient (Wildman–Crippen LogP) is 7.56. The van der Waals surface area contributed by atoms with Crippen LogP contribution in [0, 0.1) is 11.3 Å². The second-order valence-corrected chi connectivity index (χ2v) is 8.43. The molecule has 0 aliphatic rings. The summed E-state index contributed by atoms with van der Waals surface area (Å²) in [4.78, 5) is 0. The Labute approximate surface area is 180 Å². The third-order valence-corrected chi connectivity index (χ3v) is 6.03. The highest BCUT2D eigenvalue weighted by Crippen LogP contribution is 2.38. The zero-order valence-corrected chi connectivity index (χ0v) is 19.7. The molecule has 4 heteroatoms. The quantitative estimate of drug-likeness (QED) is 0.192. The maximum absolute atomic E-state index is 10.1. The van der Waals surface area contributed by atoms with Crippen molar-refractivity contribution in [2.75, 3.05) is 19.5 Å². The Bertz CT molecular complexity index is 584. The van der Waals surface area contributed by atoms with Crippen molar-refractivity contribution >= 4 is 15.9 Å². The number of nitriles is 1. The Morgan fingerprint density at radius 1 is 0.857 bits per heavy atom. The summed E-state index contributed by atoms with van der Waals surface area (Å²) >= 11 is 3.55. The predicted molar refractivity (Wildman–Crippen MR) is 122 cm³/mol. The van der Waals surface area contributed by atoms with Gasteiger partial charge < -0.3 is 9.47 Å².